The van der Waals surface area contributed by atoms with Crippen LogP contribution in [0.1, 0.15) is 18.9 Å². The summed E-state index contributed by atoms with van der Waals surface area (Å²) >= 11 is 0. The molecule has 0 bridgehead atoms. The minimum atomic E-state index is 0.633. The zero-order valence-corrected chi connectivity index (χ0v) is 11.2. The zero-order chi connectivity index (χ0) is 13.0. The number of benzene rings is 1. The summed E-state index contributed by atoms with van der Waals surface area (Å²) in [5, 5.41) is 3.47. The Morgan fingerprint density at radius 3 is 3.06 bits per heavy atom. The van der Waals surface area contributed by atoms with Gasteiger partial charge in [-0.05, 0) is 43.1 Å². The summed E-state index contributed by atoms with van der Waals surface area (Å²) in [6, 6.07) is 6.43. The van der Waals surface area contributed by atoms with Gasteiger partial charge < -0.3 is 15.6 Å². The van der Waals surface area contributed by atoms with E-state index in [0.717, 1.165) is 31.6 Å². The summed E-state index contributed by atoms with van der Waals surface area (Å²) in [7, 11) is 2.02. The summed E-state index contributed by atoms with van der Waals surface area (Å²) in [5.41, 5.74) is 9.06. The maximum atomic E-state index is 5.54. The number of nitrogens with one attached hydrogen (secondary N) is 1. The van der Waals surface area contributed by atoms with Gasteiger partial charge in [-0.25, -0.2) is 4.98 Å². The van der Waals surface area contributed by atoms with Crippen molar-refractivity contribution in [3.8, 4) is 0 Å². The smallest absolute Gasteiger partial charge is 0.0955 e. The molecule has 4 nitrogen and oxygen atoms in total. The molecule has 4 heteroatoms. The van der Waals surface area contributed by atoms with Crippen LogP contribution in [0.3, 0.4) is 0 Å². The molecule has 0 aliphatic carbocycles. The molecule has 0 saturated carbocycles. The predicted molar refractivity (Wildman–Crippen MR) is 75.3 cm³/mol. The van der Waals surface area contributed by atoms with E-state index >= 15 is 0 Å². The Morgan fingerprint density at radius 1 is 1.44 bits per heavy atom. The molecule has 1 heterocycles. The molecule has 0 aliphatic heterocycles. The van der Waals surface area contributed by atoms with Crippen LogP contribution in [0, 0.1) is 5.92 Å². The lowest BCUT2D eigenvalue weighted by molar-refractivity contribution is 0.487. The normalized spacial score (nSPS) is 13.1. The van der Waals surface area contributed by atoms with Gasteiger partial charge in [0.15, 0.2) is 0 Å². The lowest BCUT2D eigenvalue weighted by atomic mass is 10.1. The fourth-order valence-electron chi connectivity index (χ4n) is 2.14. The second-order valence-electron chi connectivity index (χ2n) is 4.99. The van der Waals surface area contributed by atoms with Gasteiger partial charge in [0.25, 0.3) is 0 Å². The quantitative estimate of drug-likeness (QED) is 0.815. The van der Waals surface area contributed by atoms with E-state index in [-0.39, 0.29) is 0 Å². The van der Waals surface area contributed by atoms with Crippen LogP contribution in [0.15, 0.2) is 24.5 Å². The summed E-state index contributed by atoms with van der Waals surface area (Å²) < 4.78 is 2.04. The second-order valence-corrected chi connectivity index (χ2v) is 4.99. The number of rotatable bonds is 6. The van der Waals surface area contributed by atoms with Crippen LogP contribution in [-0.4, -0.2) is 22.6 Å². The standard InChI is InChI=1S/C14H22N4/c1-11(5-6-15)8-16-9-12-3-4-14-13(7-12)17-10-18(14)2/h3-4,7,10-11,16H,5-6,8-9,15H2,1-2H3. The van der Waals surface area contributed by atoms with Crippen LogP contribution < -0.4 is 11.1 Å². The first-order valence-electron chi connectivity index (χ1n) is 6.51. The van der Waals surface area contributed by atoms with Crippen LogP contribution in [0.25, 0.3) is 11.0 Å². The predicted octanol–water partition coefficient (Wildman–Crippen LogP) is 1.65. The van der Waals surface area contributed by atoms with Crippen molar-refractivity contribution in [3.63, 3.8) is 0 Å². The Labute approximate surface area is 108 Å². The molecule has 2 aromatic rings. The Hall–Kier alpha value is -1.39. The van der Waals surface area contributed by atoms with Gasteiger partial charge in [0, 0.05) is 13.6 Å². The number of fused-ring (bicyclic) bond motifs is 1. The third kappa shape index (κ3) is 3.09. The van der Waals surface area contributed by atoms with Gasteiger partial charge in [-0.15, -0.1) is 0 Å². The summed E-state index contributed by atoms with van der Waals surface area (Å²) in [4.78, 5) is 4.37. The van der Waals surface area contributed by atoms with Crippen molar-refractivity contribution in [2.45, 2.75) is 19.9 Å². The zero-order valence-electron chi connectivity index (χ0n) is 11.2. The Kier molecular flexibility index (Phi) is 4.33. The fourth-order valence-corrected chi connectivity index (χ4v) is 2.14. The lowest BCUT2D eigenvalue weighted by Crippen LogP contribution is -2.22. The number of nitrogens with two attached hydrogens (primary N) is 1. The Bertz CT molecular complexity index is 503. The van der Waals surface area contributed by atoms with Crippen molar-refractivity contribution in [3.05, 3.63) is 30.1 Å². The molecular formula is C14H22N4. The number of imidazole rings is 1. The third-order valence-corrected chi connectivity index (χ3v) is 3.27. The maximum absolute atomic E-state index is 5.54. The highest BCUT2D eigenvalue weighted by Crippen LogP contribution is 2.13. The van der Waals surface area contributed by atoms with Crippen LogP contribution in [0.4, 0.5) is 0 Å². The van der Waals surface area contributed by atoms with E-state index in [4.69, 9.17) is 5.73 Å². The van der Waals surface area contributed by atoms with Crippen molar-refractivity contribution in [2.75, 3.05) is 13.1 Å². The van der Waals surface area contributed by atoms with E-state index in [9.17, 15) is 0 Å². The molecule has 1 atom stereocenters. The van der Waals surface area contributed by atoms with Gasteiger partial charge in [0.1, 0.15) is 0 Å². The molecule has 0 radical (unpaired) electrons. The summed E-state index contributed by atoms with van der Waals surface area (Å²) in [6.07, 6.45) is 2.93. The first kappa shape index (κ1) is 13.1. The molecule has 0 spiro atoms. The fraction of sp³-hybridized carbons (Fsp3) is 0.500. The number of hydrogen-bond donors (Lipinski definition) is 2. The largest absolute Gasteiger partial charge is 0.334 e. The van der Waals surface area contributed by atoms with Crippen molar-refractivity contribution in [1.29, 1.82) is 0 Å². The van der Waals surface area contributed by atoms with Crippen LogP contribution in [-0.2, 0) is 13.6 Å². The van der Waals surface area contributed by atoms with Crippen LogP contribution >= 0.6 is 0 Å². The lowest BCUT2D eigenvalue weighted by Gasteiger charge is -2.11. The van der Waals surface area contributed by atoms with Crippen molar-refractivity contribution in [2.24, 2.45) is 18.7 Å². The first-order valence-corrected chi connectivity index (χ1v) is 6.51. The summed E-state index contributed by atoms with van der Waals surface area (Å²) in [6.45, 7) is 4.89. The van der Waals surface area contributed by atoms with Crippen LogP contribution in [0.2, 0.25) is 0 Å². The van der Waals surface area contributed by atoms with Gasteiger partial charge in [-0.3, -0.25) is 0 Å². The molecule has 1 unspecified atom stereocenters. The molecule has 2 rings (SSSR count). The van der Waals surface area contributed by atoms with Crippen molar-refractivity contribution in [1.82, 2.24) is 14.9 Å². The Morgan fingerprint density at radius 2 is 2.28 bits per heavy atom. The highest BCUT2D eigenvalue weighted by molar-refractivity contribution is 5.75. The van der Waals surface area contributed by atoms with E-state index in [1.807, 2.05) is 17.9 Å². The van der Waals surface area contributed by atoms with Crippen molar-refractivity contribution < 1.29 is 0 Å². The highest BCUT2D eigenvalue weighted by atomic mass is 15.0. The minimum absolute atomic E-state index is 0.633. The number of aromatic nitrogens is 2. The molecule has 0 amide bonds. The van der Waals surface area contributed by atoms with E-state index in [1.54, 1.807) is 0 Å². The Balaban J connectivity index is 1.92. The van der Waals surface area contributed by atoms with Crippen molar-refractivity contribution >= 4 is 11.0 Å². The maximum Gasteiger partial charge on any atom is 0.0955 e. The monoisotopic (exact) mass is 246 g/mol. The number of hydrogen-bond acceptors (Lipinski definition) is 3. The molecule has 98 valence electrons. The third-order valence-electron chi connectivity index (χ3n) is 3.27. The SMILES string of the molecule is CC(CCN)CNCc1ccc2c(c1)ncn2C. The number of aryl methyl sites for hydroxylation is 1. The molecule has 0 fully saturated rings. The van der Waals surface area contributed by atoms with E-state index in [0.29, 0.717) is 5.92 Å². The van der Waals surface area contributed by atoms with Gasteiger partial charge in [-0.2, -0.15) is 0 Å². The number of nitrogens with zero attached hydrogens (tertiary/aromatic N) is 2. The second kappa shape index (κ2) is 5.98. The van der Waals surface area contributed by atoms with E-state index < -0.39 is 0 Å². The molecule has 1 aromatic carbocycles. The van der Waals surface area contributed by atoms with Gasteiger partial charge in [0.2, 0.25) is 0 Å². The molecule has 1 aromatic heterocycles. The molecule has 3 N–H and O–H groups in total. The van der Waals surface area contributed by atoms with E-state index in [1.165, 1.54) is 11.1 Å². The first-order chi connectivity index (χ1) is 8.70. The average molecular weight is 246 g/mol. The minimum Gasteiger partial charge on any atom is -0.334 e. The highest BCUT2D eigenvalue weighted by Gasteiger charge is 2.03. The topological polar surface area (TPSA) is 55.9 Å². The van der Waals surface area contributed by atoms with Gasteiger partial charge in [0.05, 0.1) is 17.4 Å². The molecular weight excluding hydrogens is 224 g/mol. The molecule has 0 aliphatic rings. The van der Waals surface area contributed by atoms with E-state index in [2.05, 4.69) is 35.4 Å². The van der Waals surface area contributed by atoms with Gasteiger partial charge >= 0.3 is 0 Å². The van der Waals surface area contributed by atoms with Gasteiger partial charge in [-0.1, -0.05) is 13.0 Å². The molecule has 0 saturated heterocycles. The summed E-state index contributed by atoms with van der Waals surface area (Å²) in [5.74, 6) is 0.633. The molecule has 18 heavy (non-hydrogen) atoms. The van der Waals surface area contributed by atoms with Crippen LogP contribution in [0.5, 0.6) is 0 Å². The average Bonchev–Trinajstić information content (AvgIpc) is 2.71.